The Morgan fingerprint density at radius 1 is 1.05 bits per heavy atom. The molecule has 118 valence electrons. The first-order valence-electron chi connectivity index (χ1n) is 6.89. The monoisotopic (exact) mass is 366 g/mol. The lowest BCUT2D eigenvalue weighted by atomic mass is 10.0. The third-order valence-corrected chi connectivity index (χ3v) is 3.81. The molecule has 0 bridgehead atoms. The molecule has 0 radical (unpaired) electrons. The summed E-state index contributed by atoms with van der Waals surface area (Å²) in [5.74, 6) is 1.17. The van der Waals surface area contributed by atoms with Crippen molar-refractivity contribution in [2.45, 2.75) is 6.10 Å². The Morgan fingerprint density at radius 2 is 1.77 bits per heavy atom. The summed E-state index contributed by atoms with van der Waals surface area (Å²) in [6.07, 6.45) is -0.723. The predicted molar refractivity (Wildman–Crippen MR) is 88.6 cm³/mol. The molecule has 0 saturated carbocycles. The number of rotatable bonds is 7. The van der Waals surface area contributed by atoms with Crippen LogP contribution in [-0.4, -0.2) is 32.5 Å². The van der Waals surface area contributed by atoms with E-state index in [0.717, 1.165) is 15.6 Å². The molecule has 2 aromatic rings. The van der Waals surface area contributed by atoms with E-state index < -0.39 is 6.10 Å². The molecule has 0 saturated heterocycles. The maximum Gasteiger partial charge on any atom is 0.175 e. The minimum Gasteiger partial charge on any atom is -0.493 e. The summed E-state index contributed by atoms with van der Waals surface area (Å²) in [6, 6.07) is 13.1. The second-order valence-electron chi connectivity index (χ2n) is 4.69. The third kappa shape index (κ3) is 4.00. The molecule has 22 heavy (non-hydrogen) atoms. The van der Waals surface area contributed by atoms with Gasteiger partial charge < -0.3 is 19.3 Å². The van der Waals surface area contributed by atoms with E-state index in [0.29, 0.717) is 24.7 Å². The van der Waals surface area contributed by atoms with Crippen LogP contribution in [0.1, 0.15) is 17.2 Å². The van der Waals surface area contributed by atoms with Crippen molar-refractivity contribution in [3.63, 3.8) is 0 Å². The van der Waals surface area contributed by atoms with E-state index in [4.69, 9.17) is 14.2 Å². The van der Waals surface area contributed by atoms with Crippen molar-refractivity contribution in [1.82, 2.24) is 0 Å². The molecule has 1 atom stereocenters. The van der Waals surface area contributed by atoms with Gasteiger partial charge in [0.1, 0.15) is 12.7 Å². The van der Waals surface area contributed by atoms with Crippen LogP contribution in [0, 0.1) is 0 Å². The molecule has 0 fully saturated rings. The maximum absolute atomic E-state index is 10.5. The second-order valence-corrected chi connectivity index (χ2v) is 5.54. The summed E-state index contributed by atoms with van der Waals surface area (Å²) >= 11 is 3.47. The standard InChI is InChI=1S/C17H19BrO4/c1-20-8-9-22-17-14(18)10-13(11-15(17)21-2)16(19)12-6-4-3-5-7-12/h3-7,10-11,16,19H,8-9H2,1-2H3. The molecule has 0 aliphatic heterocycles. The van der Waals surface area contributed by atoms with Gasteiger partial charge in [-0.2, -0.15) is 0 Å². The van der Waals surface area contributed by atoms with E-state index in [2.05, 4.69) is 15.9 Å². The van der Waals surface area contributed by atoms with Crippen molar-refractivity contribution in [2.24, 2.45) is 0 Å². The summed E-state index contributed by atoms with van der Waals surface area (Å²) in [5, 5.41) is 10.5. The fourth-order valence-electron chi connectivity index (χ4n) is 2.09. The Bertz CT molecular complexity index is 601. The smallest absolute Gasteiger partial charge is 0.175 e. The molecule has 2 aromatic carbocycles. The van der Waals surface area contributed by atoms with Crippen molar-refractivity contribution in [2.75, 3.05) is 27.4 Å². The largest absolute Gasteiger partial charge is 0.493 e. The van der Waals surface area contributed by atoms with Crippen LogP contribution in [-0.2, 0) is 4.74 Å². The minimum atomic E-state index is -0.723. The zero-order valence-corrected chi connectivity index (χ0v) is 14.2. The number of aliphatic hydroxyl groups is 1. The highest BCUT2D eigenvalue weighted by atomic mass is 79.9. The van der Waals surface area contributed by atoms with Crippen LogP contribution in [0.2, 0.25) is 0 Å². The van der Waals surface area contributed by atoms with Gasteiger partial charge in [-0.1, -0.05) is 30.3 Å². The SMILES string of the molecule is COCCOc1c(Br)cc(C(O)c2ccccc2)cc1OC. The molecule has 1 N–H and O–H groups in total. The fourth-order valence-corrected chi connectivity index (χ4v) is 2.67. The Hall–Kier alpha value is -1.56. The maximum atomic E-state index is 10.5. The summed E-state index contributed by atoms with van der Waals surface area (Å²) in [7, 11) is 3.19. The molecular weight excluding hydrogens is 348 g/mol. The number of hydrogen-bond donors (Lipinski definition) is 1. The van der Waals surface area contributed by atoms with Crippen LogP contribution in [0.15, 0.2) is 46.9 Å². The molecule has 1 unspecified atom stereocenters. The molecule has 5 heteroatoms. The van der Waals surface area contributed by atoms with Crippen molar-refractivity contribution in [3.05, 3.63) is 58.1 Å². The molecule has 0 amide bonds. The summed E-state index contributed by atoms with van der Waals surface area (Å²) in [4.78, 5) is 0. The summed E-state index contributed by atoms with van der Waals surface area (Å²) in [6.45, 7) is 0.913. The summed E-state index contributed by atoms with van der Waals surface area (Å²) in [5.41, 5.74) is 1.55. The fraction of sp³-hybridized carbons (Fsp3) is 0.294. The number of methoxy groups -OCH3 is 2. The zero-order chi connectivity index (χ0) is 15.9. The van der Waals surface area contributed by atoms with Crippen LogP contribution < -0.4 is 9.47 Å². The van der Waals surface area contributed by atoms with Crippen molar-refractivity contribution in [1.29, 1.82) is 0 Å². The van der Waals surface area contributed by atoms with Gasteiger partial charge in [0, 0.05) is 7.11 Å². The van der Waals surface area contributed by atoms with Crippen LogP contribution in [0.5, 0.6) is 11.5 Å². The Labute approximate surface area is 138 Å². The van der Waals surface area contributed by atoms with Gasteiger partial charge in [0.25, 0.3) is 0 Å². The predicted octanol–water partition coefficient (Wildman–Crippen LogP) is 3.56. The van der Waals surface area contributed by atoms with Crippen molar-refractivity contribution >= 4 is 15.9 Å². The van der Waals surface area contributed by atoms with Crippen LogP contribution >= 0.6 is 15.9 Å². The van der Waals surface area contributed by atoms with E-state index >= 15 is 0 Å². The van der Waals surface area contributed by atoms with Crippen molar-refractivity contribution < 1.29 is 19.3 Å². The molecule has 4 nitrogen and oxygen atoms in total. The van der Waals surface area contributed by atoms with E-state index in [9.17, 15) is 5.11 Å². The number of ether oxygens (including phenoxy) is 3. The first kappa shape index (κ1) is 16.8. The van der Waals surface area contributed by atoms with Gasteiger partial charge in [-0.05, 0) is 39.2 Å². The number of hydrogen-bond acceptors (Lipinski definition) is 4. The number of aliphatic hydroxyl groups excluding tert-OH is 1. The van der Waals surface area contributed by atoms with Gasteiger partial charge in [0.05, 0.1) is 18.2 Å². The van der Waals surface area contributed by atoms with E-state index in [1.807, 2.05) is 36.4 Å². The average Bonchev–Trinajstić information content (AvgIpc) is 2.56. The van der Waals surface area contributed by atoms with Crippen LogP contribution in [0.3, 0.4) is 0 Å². The molecule has 0 spiro atoms. The molecule has 0 heterocycles. The Kier molecular flexibility index (Phi) is 6.24. The quantitative estimate of drug-likeness (QED) is 0.761. The van der Waals surface area contributed by atoms with Crippen LogP contribution in [0.4, 0.5) is 0 Å². The van der Waals surface area contributed by atoms with E-state index in [-0.39, 0.29) is 0 Å². The van der Waals surface area contributed by atoms with E-state index in [1.165, 1.54) is 0 Å². The topological polar surface area (TPSA) is 47.9 Å². The highest BCUT2D eigenvalue weighted by Crippen LogP contribution is 2.39. The highest BCUT2D eigenvalue weighted by Gasteiger charge is 2.17. The van der Waals surface area contributed by atoms with E-state index in [1.54, 1.807) is 20.3 Å². The van der Waals surface area contributed by atoms with Gasteiger partial charge in [-0.3, -0.25) is 0 Å². The summed E-state index contributed by atoms with van der Waals surface area (Å²) < 4.78 is 16.7. The molecule has 0 aromatic heterocycles. The zero-order valence-electron chi connectivity index (χ0n) is 12.6. The first-order valence-corrected chi connectivity index (χ1v) is 7.69. The normalized spacial score (nSPS) is 12.0. The average molecular weight is 367 g/mol. The third-order valence-electron chi connectivity index (χ3n) is 3.22. The lowest BCUT2D eigenvalue weighted by Crippen LogP contribution is -2.07. The number of halogens is 1. The van der Waals surface area contributed by atoms with Gasteiger partial charge >= 0.3 is 0 Å². The van der Waals surface area contributed by atoms with Crippen molar-refractivity contribution in [3.8, 4) is 11.5 Å². The Morgan fingerprint density at radius 3 is 2.41 bits per heavy atom. The molecule has 0 aliphatic rings. The van der Waals surface area contributed by atoms with Gasteiger partial charge in [-0.15, -0.1) is 0 Å². The molecule has 0 aliphatic carbocycles. The van der Waals surface area contributed by atoms with Crippen LogP contribution in [0.25, 0.3) is 0 Å². The highest BCUT2D eigenvalue weighted by molar-refractivity contribution is 9.10. The van der Waals surface area contributed by atoms with Gasteiger partial charge in [0.15, 0.2) is 11.5 Å². The molecule has 2 rings (SSSR count). The second kappa shape index (κ2) is 8.17. The lowest BCUT2D eigenvalue weighted by molar-refractivity contribution is 0.143. The lowest BCUT2D eigenvalue weighted by Gasteiger charge is -2.17. The minimum absolute atomic E-state index is 0.423. The van der Waals surface area contributed by atoms with Gasteiger partial charge in [0.2, 0.25) is 0 Å². The first-order chi connectivity index (χ1) is 10.7. The molecular formula is C17H19BrO4. The van der Waals surface area contributed by atoms with Gasteiger partial charge in [-0.25, -0.2) is 0 Å². The number of benzene rings is 2. The Balaban J connectivity index is 2.29.